The smallest absolute Gasteiger partial charge is 0.320 e. The van der Waals surface area contributed by atoms with Gasteiger partial charge < -0.3 is 15.9 Å². The topological polar surface area (TPSA) is 101 Å². The number of aliphatic carboxylic acids is 1. The highest BCUT2D eigenvalue weighted by molar-refractivity contribution is 5.85. The van der Waals surface area contributed by atoms with Crippen molar-refractivity contribution in [1.82, 2.24) is 9.78 Å². The van der Waals surface area contributed by atoms with Gasteiger partial charge in [0.2, 0.25) is 0 Å². The van der Waals surface area contributed by atoms with Crippen LogP contribution in [0.1, 0.15) is 5.56 Å². The van der Waals surface area contributed by atoms with Gasteiger partial charge in [0.15, 0.2) is 0 Å². The summed E-state index contributed by atoms with van der Waals surface area (Å²) < 4.78 is 1.27. The number of hydrogen-bond acceptors (Lipinski definition) is 3. The SMILES string of the molecule is Cl.Cl.Cn1[nH]cc(C[C@@H](N)C(=O)O)c1=O. The second kappa shape index (κ2) is 6.49. The third-order valence-corrected chi connectivity index (χ3v) is 1.77. The second-order valence-electron chi connectivity index (χ2n) is 2.81. The molecule has 0 fully saturated rings. The van der Waals surface area contributed by atoms with Crippen LogP contribution in [-0.4, -0.2) is 26.9 Å². The molecule has 0 aliphatic rings. The summed E-state index contributed by atoms with van der Waals surface area (Å²) in [4.78, 5) is 21.6. The van der Waals surface area contributed by atoms with Crippen molar-refractivity contribution in [2.24, 2.45) is 12.8 Å². The molecule has 0 radical (unpaired) electrons. The molecule has 0 aliphatic carbocycles. The minimum atomic E-state index is -1.11. The van der Waals surface area contributed by atoms with Gasteiger partial charge in [0.1, 0.15) is 6.04 Å². The van der Waals surface area contributed by atoms with Gasteiger partial charge in [-0.15, -0.1) is 24.8 Å². The number of aromatic nitrogens is 2. The third-order valence-electron chi connectivity index (χ3n) is 1.77. The monoisotopic (exact) mass is 257 g/mol. The highest BCUT2D eigenvalue weighted by atomic mass is 35.5. The fourth-order valence-corrected chi connectivity index (χ4v) is 0.981. The zero-order chi connectivity index (χ0) is 10.0. The number of nitrogens with one attached hydrogen (secondary N) is 1. The average molecular weight is 258 g/mol. The molecule has 0 amide bonds. The number of H-pyrrole nitrogens is 1. The van der Waals surface area contributed by atoms with Crippen LogP contribution < -0.4 is 11.3 Å². The van der Waals surface area contributed by atoms with Crippen LogP contribution in [0.25, 0.3) is 0 Å². The van der Waals surface area contributed by atoms with Crippen molar-refractivity contribution >= 4 is 30.8 Å². The second-order valence-corrected chi connectivity index (χ2v) is 2.81. The van der Waals surface area contributed by atoms with E-state index < -0.39 is 12.0 Å². The van der Waals surface area contributed by atoms with Gasteiger partial charge in [-0.3, -0.25) is 14.3 Å². The van der Waals surface area contributed by atoms with Gasteiger partial charge in [-0.25, -0.2) is 0 Å². The summed E-state index contributed by atoms with van der Waals surface area (Å²) in [6, 6.07) is -1.02. The molecule has 0 bridgehead atoms. The Bertz CT molecular complexity index is 374. The lowest BCUT2D eigenvalue weighted by Gasteiger charge is -2.01. The number of hydrogen-bond donors (Lipinski definition) is 3. The van der Waals surface area contributed by atoms with E-state index in [1.54, 1.807) is 7.05 Å². The molecule has 0 saturated heterocycles. The molecule has 88 valence electrons. The highest BCUT2D eigenvalue weighted by Crippen LogP contribution is 1.94. The molecule has 4 N–H and O–H groups in total. The Morgan fingerprint density at radius 2 is 2.20 bits per heavy atom. The van der Waals surface area contributed by atoms with E-state index in [0.717, 1.165) is 0 Å². The molecule has 1 atom stereocenters. The van der Waals surface area contributed by atoms with Crippen LogP contribution in [0.4, 0.5) is 0 Å². The van der Waals surface area contributed by atoms with Crippen molar-refractivity contribution in [1.29, 1.82) is 0 Å². The molecule has 1 aromatic heterocycles. The number of aryl methyl sites for hydroxylation is 1. The van der Waals surface area contributed by atoms with Crippen molar-refractivity contribution in [3.63, 3.8) is 0 Å². The van der Waals surface area contributed by atoms with Gasteiger partial charge in [0.25, 0.3) is 5.56 Å². The van der Waals surface area contributed by atoms with Crippen molar-refractivity contribution in [2.45, 2.75) is 12.5 Å². The lowest BCUT2D eigenvalue weighted by Crippen LogP contribution is -2.34. The zero-order valence-electron chi connectivity index (χ0n) is 7.97. The summed E-state index contributed by atoms with van der Waals surface area (Å²) in [6.07, 6.45) is 1.51. The summed E-state index contributed by atoms with van der Waals surface area (Å²) in [7, 11) is 1.55. The fourth-order valence-electron chi connectivity index (χ4n) is 0.981. The van der Waals surface area contributed by atoms with Gasteiger partial charge in [-0.05, 0) is 0 Å². The first-order valence-electron chi connectivity index (χ1n) is 3.74. The van der Waals surface area contributed by atoms with Crippen LogP contribution >= 0.6 is 24.8 Å². The van der Waals surface area contributed by atoms with E-state index in [-0.39, 0.29) is 36.8 Å². The van der Waals surface area contributed by atoms with Crippen molar-refractivity contribution in [3.05, 3.63) is 22.1 Å². The predicted molar refractivity (Wildman–Crippen MR) is 59.8 cm³/mol. The van der Waals surface area contributed by atoms with E-state index in [0.29, 0.717) is 5.56 Å². The first-order valence-corrected chi connectivity index (χ1v) is 3.74. The largest absolute Gasteiger partial charge is 0.480 e. The minimum Gasteiger partial charge on any atom is -0.480 e. The van der Waals surface area contributed by atoms with Gasteiger partial charge in [-0.1, -0.05) is 0 Å². The molecule has 1 rings (SSSR count). The molecule has 1 heterocycles. The van der Waals surface area contributed by atoms with E-state index in [1.807, 2.05) is 0 Å². The first-order chi connectivity index (χ1) is 6.02. The van der Waals surface area contributed by atoms with E-state index in [1.165, 1.54) is 10.9 Å². The predicted octanol–water partition coefficient (Wildman–Crippen LogP) is -0.489. The molecular weight excluding hydrogens is 245 g/mol. The van der Waals surface area contributed by atoms with Crippen molar-refractivity contribution in [2.75, 3.05) is 0 Å². The number of nitrogens with zero attached hydrogens (tertiary/aromatic N) is 1. The molecule has 0 saturated carbocycles. The number of carbonyl (C=O) groups is 1. The summed E-state index contributed by atoms with van der Waals surface area (Å²) in [5.41, 5.74) is 5.41. The molecule has 0 aliphatic heterocycles. The molecule has 1 aromatic rings. The maximum atomic E-state index is 11.2. The van der Waals surface area contributed by atoms with Crippen LogP contribution in [-0.2, 0) is 18.3 Å². The Morgan fingerprint density at radius 3 is 2.53 bits per heavy atom. The normalized spacial score (nSPS) is 11.1. The number of halogens is 2. The number of carboxylic acid groups (broad SMARTS) is 1. The standard InChI is InChI=1S/C7H11N3O3.2ClH/c1-10-6(11)4(3-9-10)2-5(8)7(12)13;;/h3,5,9H,2,8H2,1H3,(H,12,13);2*1H/t5-;;/m1../s1. The third kappa shape index (κ3) is 3.94. The molecule has 0 unspecified atom stereocenters. The van der Waals surface area contributed by atoms with Gasteiger partial charge in [-0.2, -0.15) is 0 Å². The Morgan fingerprint density at radius 1 is 1.67 bits per heavy atom. The van der Waals surface area contributed by atoms with Crippen molar-refractivity contribution < 1.29 is 9.90 Å². The van der Waals surface area contributed by atoms with Crippen LogP contribution in [0.2, 0.25) is 0 Å². The van der Waals surface area contributed by atoms with Gasteiger partial charge in [0.05, 0.1) is 0 Å². The minimum absolute atomic E-state index is 0. The first kappa shape index (κ1) is 16.4. The molecule has 0 aromatic carbocycles. The molecule has 0 spiro atoms. The lowest BCUT2D eigenvalue weighted by atomic mass is 10.1. The maximum absolute atomic E-state index is 11.2. The van der Waals surface area contributed by atoms with Gasteiger partial charge >= 0.3 is 5.97 Å². The van der Waals surface area contributed by atoms with Crippen LogP contribution in [0.5, 0.6) is 0 Å². The van der Waals surface area contributed by atoms with E-state index in [9.17, 15) is 9.59 Å². The van der Waals surface area contributed by atoms with Crippen LogP contribution in [0.3, 0.4) is 0 Å². The maximum Gasteiger partial charge on any atom is 0.320 e. The molecular formula is C7H13Cl2N3O3. The summed E-state index contributed by atoms with van der Waals surface area (Å²) in [5.74, 6) is -1.11. The van der Waals surface area contributed by atoms with Gasteiger partial charge in [0, 0.05) is 25.2 Å². The fraction of sp³-hybridized carbons (Fsp3) is 0.429. The van der Waals surface area contributed by atoms with Crippen LogP contribution in [0, 0.1) is 0 Å². The highest BCUT2D eigenvalue weighted by Gasteiger charge is 2.15. The Balaban J connectivity index is 0. The number of aromatic amines is 1. The summed E-state index contributed by atoms with van der Waals surface area (Å²) in [5, 5.41) is 11.1. The van der Waals surface area contributed by atoms with Crippen LogP contribution in [0.15, 0.2) is 11.0 Å². The quantitative estimate of drug-likeness (QED) is 0.681. The Labute approximate surface area is 98.3 Å². The number of carboxylic acids is 1. The average Bonchev–Trinajstić information content (AvgIpc) is 2.36. The molecule has 6 nitrogen and oxygen atoms in total. The van der Waals surface area contributed by atoms with Crippen molar-refractivity contribution in [3.8, 4) is 0 Å². The Kier molecular flexibility index (Phi) is 7.12. The molecule has 15 heavy (non-hydrogen) atoms. The number of nitrogens with two attached hydrogens (primary N) is 1. The zero-order valence-corrected chi connectivity index (χ0v) is 9.60. The lowest BCUT2D eigenvalue weighted by molar-refractivity contribution is -0.138. The Hall–Kier alpha value is -0.980. The number of rotatable bonds is 3. The summed E-state index contributed by atoms with van der Waals surface area (Å²) in [6.45, 7) is 0. The summed E-state index contributed by atoms with van der Waals surface area (Å²) >= 11 is 0. The van der Waals surface area contributed by atoms with E-state index in [2.05, 4.69) is 5.10 Å². The molecule has 8 heteroatoms. The van der Waals surface area contributed by atoms with E-state index >= 15 is 0 Å². The van der Waals surface area contributed by atoms with E-state index in [4.69, 9.17) is 10.8 Å².